The smallest absolute Gasteiger partial charge is 0.303 e. The van der Waals surface area contributed by atoms with Crippen LogP contribution in [0, 0.1) is 0 Å². The van der Waals surface area contributed by atoms with Gasteiger partial charge in [-0.1, -0.05) is 17.4 Å². The standard InChI is InChI=1S/C13H10N4O3S2/c18-11(19)6-5-10-16-17-12(20)9(14-15-13(17)22-10)4-3-8-2-1-7-21-8/h1-4,7H,5-6H2,(H,18,19)/b4-3+. The Morgan fingerprint density at radius 2 is 2.23 bits per heavy atom. The van der Waals surface area contributed by atoms with E-state index in [-0.39, 0.29) is 24.1 Å². The van der Waals surface area contributed by atoms with Crippen molar-refractivity contribution in [3.63, 3.8) is 0 Å². The summed E-state index contributed by atoms with van der Waals surface area (Å²) < 4.78 is 1.17. The lowest BCUT2D eigenvalue weighted by atomic mass is 10.3. The van der Waals surface area contributed by atoms with Crippen LogP contribution in [0.2, 0.25) is 0 Å². The van der Waals surface area contributed by atoms with Crippen LogP contribution in [0.3, 0.4) is 0 Å². The lowest BCUT2D eigenvalue weighted by molar-refractivity contribution is -0.136. The molecule has 9 heteroatoms. The minimum Gasteiger partial charge on any atom is -0.481 e. The van der Waals surface area contributed by atoms with Crippen molar-refractivity contribution in [2.45, 2.75) is 12.8 Å². The Balaban J connectivity index is 1.92. The predicted octanol–water partition coefficient (Wildman–Crippen LogP) is 1.80. The number of carboxylic acid groups (broad SMARTS) is 1. The molecule has 0 unspecified atom stereocenters. The molecular formula is C13H10N4O3S2. The summed E-state index contributed by atoms with van der Waals surface area (Å²) in [5, 5.41) is 23.2. The van der Waals surface area contributed by atoms with E-state index in [9.17, 15) is 9.59 Å². The molecule has 22 heavy (non-hydrogen) atoms. The normalized spacial score (nSPS) is 11.5. The lowest BCUT2D eigenvalue weighted by Gasteiger charge is -1.91. The Labute approximate surface area is 132 Å². The summed E-state index contributed by atoms with van der Waals surface area (Å²) in [6, 6.07) is 3.85. The maximum absolute atomic E-state index is 12.3. The van der Waals surface area contributed by atoms with Gasteiger partial charge in [0.25, 0.3) is 0 Å². The van der Waals surface area contributed by atoms with Gasteiger partial charge in [0.1, 0.15) is 5.01 Å². The third-order valence-electron chi connectivity index (χ3n) is 2.76. The summed E-state index contributed by atoms with van der Waals surface area (Å²) in [5.41, 5.74) is -0.170. The van der Waals surface area contributed by atoms with E-state index >= 15 is 0 Å². The number of nitrogens with zero attached hydrogens (tertiary/aromatic N) is 4. The number of carboxylic acids is 1. The van der Waals surface area contributed by atoms with E-state index in [1.54, 1.807) is 23.5 Å². The SMILES string of the molecule is O=C(O)CCc1nn2c(=O)c(/C=C/c3cccs3)nnc2s1. The number of thiophene rings is 1. The Hall–Kier alpha value is -2.39. The zero-order chi connectivity index (χ0) is 15.5. The number of hydrogen-bond donors (Lipinski definition) is 1. The zero-order valence-electron chi connectivity index (χ0n) is 11.2. The first-order valence-electron chi connectivity index (χ1n) is 6.32. The average molecular weight is 334 g/mol. The van der Waals surface area contributed by atoms with Crippen molar-refractivity contribution in [2.75, 3.05) is 0 Å². The number of aliphatic carboxylic acids is 1. The van der Waals surface area contributed by atoms with Crippen LogP contribution in [0.15, 0.2) is 22.3 Å². The van der Waals surface area contributed by atoms with Crippen molar-refractivity contribution in [3.8, 4) is 0 Å². The van der Waals surface area contributed by atoms with Crippen molar-refractivity contribution >= 4 is 45.8 Å². The van der Waals surface area contributed by atoms with Crippen LogP contribution in [0.25, 0.3) is 17.1 Å². The molecule has 3 rings (SSSR count). The molecule has 0 aliphatic heterocycles. The highest BCUT2D eigenvalue weighted by Crippen LogP contribution is 2.14. The van der Waals surface area contributed by atoms with Gasteiger partial charge < -0.3 is 5.11 Å². The Morgan fingerprint density at radius 1 is 1.36 bits per heavy atom. The van der Waals surface area contributed by atoms with Crippen molar-refractivity contribution in [3.05, 3.63) is 43.4 Å². The van der Waals surface area contributed by atoms with Crippen LogP contribution in [-0.2, 0) is 11.2 Å². The summed E-state index contributed by atoms with van der Waals surface area (Å²) in [6.45, 7) is 0. The molecule has 7 nitrogen and oxygen atoms in total. The Bertz CT molecular complexity index is 896. The van der Waals surface area contributed by atoms with Crippen LogP contribution in [-0.4, -0.2) is 30.9 Å². The molecule has 0 spiro atoms. The number of rotatable bonds is 5. The second kappa shape index (κ2) is 6.16. The topological polar surface area (TPSA) is 97.4 Å². The molecule has 0 bridgehead atoms. The van der Waals surface area contributed by atoms with Crippen LogP contribution < -0.4 is 5.56 Å². The molecule has 3 aromatic rings. The van der Waals surface area contributed by atoms with Crippen LogP contribution in [0.5, 0.6) is 0 Å². The average Bonchev–Trinajstić information content (AvgIpc) is 3.14. The molecule has 112 valence electrons. The second-order valence-electron chi connectivity index (χ2n) is 4.32. The zero-order valence-corrected chi connectivity index (χ0v) is 12.8. The number of aryl methyl sites for hydroxylation is 1. The number of hydrogen-bond acceptors (Lipinski definition) is 7. The fourth-order valence-electron chi connectivity index (χ4n) is 1.73. The number of carbonyl (C=O) groups is 1. The quantitative estimate of drug-likeness (QED) is 0.764. The van der Waals surface area contributed by atoms with Crippen molar-refractivity contribution in [1.82, 2.24) is 19.8 Å². The van der Waals surface area contributed by atoms with Gasteiger partial charge in [0, 0.05) is 11.3 Å². The molecule has 0 aliphatic carbocycles. The van der Waals surface area contributed by atoms with Crippen molar-refractivity contribution in [1.29, 1.82) is 0 Å². The maximum atomic E-state index is 12.3. The fourth-order valence-corrected chi connectivity index (χ4v) is 3.18. The minimum atomic E-state index is -0.905. The molecule has 0 fully saturated rings. The van der Waals surface area contributed by atoms with Gasteiger partial charge in [-0.15, -0.1) is 21.5 Å². The van der Waals surface area contributed by atoms with E-state index in [0.717, 1.165) is 4.88 Å². The molecule has 0 aromatic carbocycles. The molecule has 0 aliphatic rings. The van der Waals surface area contributed by atoms with E-state index in [1.165, 1.54) is 15.9 Å². The molecule has 0 amide bonds. The highest BCUT2D eigenvalue weighted by atomic mass is 32.1. The fraction of sp³-hybridized carbons (Fsp3) is 0.154. The molecule has 3 aromatic heterocycles. The molecule has 0 saturated heterocycles. The number of fused-ring (bicyclic) bond motifs is 1. The third-order valence-corrected chi connectivity index (χ3v) is 4.55. The van der Waals surface area contributed by atoms with Crippen molar-refractivity contribution in [2.24, 2.45) is 0 Å². The largest absolute Gasteiger partial charge is 0.481 e. The predicted molar refractivity (Wildman–Crippen MR) is 84.1 cm³/mol. The van der Waals surface area contributed by atoms with E-state index < -0.39 is 5.97 Å². The summed E-state index contributed by atoms with van der Waals surface area (Å²) in [5.74, 6) is -0.905. The van der Waals surface area contributed by atoms with Crippen LogP contribution in [0.4, 0.5) is 0 Å². The molecule has 0 saturated carbocycles. The van der Waals surface area contributed by atoms with Crippen molar-refractivity contribution < 1.29 is 9.90 Å². The highest BCUT2D eigenvalue weighted by Gasteiger charge is 2.11. The van der Waals surface area contributed by atoms with Crippen LogP contribution in [0.1, 0.15) is 22.0 Å². The van der Waals surface area contributed by atoms with E-state index in [1.807, 2.05) is 17.5 Å². The van der Waals surface area contributed by atoms with Crippen LogP contribution >= 0.6 is 22.7 Å². The lowest BCUT2D eigenvalue weighted by Crippen LogP contribution is -2.19. The molecular weight excluding hydrogens is 324 g/mol. The maximum Gasteiger partial charge on any atom is 0.303 e. The first kappa shape index (κ1) is 14.5. The summed E-state index contributed by atoms with van der Waals surface area (Å²) >= 11 is 2.72. The minimum absolute atomic E-state index is 0.0346. The van der Waals surface area contributed by atoms with Gasteiger partial charge in [-0.2, -0.15) is 9.61 Å². The highest BCUT2D eigenvalue weighted by molar-refractivity contribution is 7.16. The Kier molecular flexibility index (Phi) is 4.07. The van der Waals surface area contributed by atoms with Gasteiger partial charge in [0.15, 0.2) is 5.69 Å². The third kappa shape index (κ3) is 3.10. The van der Waals surface area contributed by atoms with Gasteiger partial charge in [-0.05, 0) is 23.6 Å². The summed E-state index contributed by atoms with van der Waals surface area (Å²) in [7, 11) is 0. The van der Waals surface area contributed by atoms with Gasteiger partial charge >= 0.3 is 11.5 Å². The van der Waals surface area contributed by atoms with E-state index in [4.69, 9.17) is 5.11 Å². The summed E-state index contributed by atoms with van der Waals surface area (Å²) in [6.07, 6.45) is 3.63. The van der Waals surface area contributed by atoms with E-state index in [0.29, 0.717) is 9.97 Å². The molecule has 3 heterocycles. The van der Waals surface area contributed by atoms with Gasteiger partial charge in [0.05, 0.1) is 6.42 Å². The summed E-state index contributed by atoms with van der Waals surface area (Å²) in [4.78, 5) is 24.2. The van der Waals surface area contributed by atoms with Gasteiger partial charge in [0.2, 0.25) is 4.96 Å². The second-order valence-corrected chi connectivity index (χ2v) is 6.34. The molecule has 0 atom stereocenters. The monoisotopic (exact) mass is 334 g/mol. The van der Waals surface area contributed by atoms with Gasteiger partial charge in [-0.25, -0.2) is 0 Å². The number of aromatic nitrogens is 4. The Morgan fingerprint density at radius 3 is 2.95 bits per heavy atom. The molecule has 0 radical (unpaired) electrons. The first-order valence-corrected chi connectivity index (χ1v) is 8.02. The van der Waals surface area contributed by atoms with E-state index in [2.05, 4.69) is 15.3 Å². The van der Waals surface area contributed by atoms with Gasteiger partial charge in [-0.3, -0.25) is 9.59 Å². The molecule has 1 N–H and O–H groups in total. The first-order chi connectivity index (χ1) is 10.6.